The highest BCUT2D eigenvalue weighted by atomic mass is 17.0. The molecule has 0 aromatic heterocycles. The van der Waals surface area contributed by atoms with Crippen LogP contribution in [0.5, 0.6) is 0 Å². The molecule has 6 nitrogen and oxygen atoms in total. The van der Waals surface area contributed by atoms with Gasteiger partial charge in [0.2, 0.25) is 0 Å². The summed E-state index contributed by atoms with van der Waals surface area (Å²) in [6, 6.07) is 0. The number of ether oxygens (including phenoxy) is 5. The fourth-order valence-corrected chi connectivity index (χ4v) is 0.829. The molecule has 14 heavy (non-hydrogen) atoms. The quantitative estimate of drug-likeness (QED) is 0.565. The van der Waals surface area contributed by atoms with Crippen LogP contribution in [0, 0.1) is 0 Å². The molecular formula is C8H18O6. The number of aliphatic hydroxyl groups excluding tert-OH is 1. The first-order chi connectivity index (χ1) is 6.64. The first-order valence-corrected chi connectivity index (χ1v) is 4.14. The van der Waals surface area contributed by atoms with Crippen molar-refractivity contribution < 1.29 is 28.8 Å². The lowest BCUT2D eigenvalue weighted by molar-refractivity contribution is -0.480. The summed E-state index contributed by atoms with van der Waals surface area (Å²) in [6.07, 6.45) is -2.07. The molecule has 1 unspecified atom stereocenters. The minimum Gasteiger partial charge on any atom is -0.368 e. The Morgan fingerprint density at radius 1 is 1.07 bits per heavy atom. The molecule has 0 fully saturated rings. The lowest BCUT2D eigenvalue weighted by atomic mass is 10.4. The largest absolute Gasteiger partial charge is 0.411 e. The van der Waals surface area contributed by atoms with Crippen LogP contribution < -0.4 is 0 Å². The first-order valence-electron chi connectivity index (χ1n) is 4.14. The molecule has 0 aliphatic heterocycles. The molecule has 0 aliphatic carbocycles. The van der Waals surface area contributed by atoms with Crippen molar-refractivity contribution in [3.8, 4) is 0 Å². The van der Waals surface area contributed by atoms with E-state index in [4.69, 9.17) is 24.1 Å². The highest BCUT2D eigenvalue weighted by Gasteiger charge is 2.31. The predicted molar refractivity (Wildman–Crippen MR) is 47.3 cm³/mol. The van der Waals surface area contributed by atoms with Crippen LogP contribution in [-0.4, -0.2) is 52.6 Å². The van der Waals surface area contributed by atoms with E-state index in [1.807, 2.05) is 0 Å². The summed E-state index contributed by atoms with van der Waals surface area (Å²) >= 11 is 0. The molecule has 0 saturated heterocycles. The summed E-state index contributed by atoms with van der Waals surface area (Å²) in [6.45, 7) is 0.185. The second-order valence-corrected chi connectivity index (χ2v) is 2.44. The van der Waals surface area contributed by atoms with Crippen molar-refractivity contribution in [2.45, 2.75) is 18.9 Å². The molecule has 0 aromatic carbocycles. The van der Waals surface area contributed by atoms with E-state index in [1.165, 1.54) is 28.4 Å². The third-order valence-corrected chi connectivity index (χ3v) is 1.67. The van der Waals surface area contributed by atoms with Gasteiger partial charge in [0.1, 0.15) is 0 Å². The maximum atomic E-state index is 9.05. The van der Waals surface area contributed by atoms with Crippen LogP contribution in [0.4, 0.5) is 0 Å². The fourth-order valence-electron chi connectivity index (χ4n) is 0.829. The topological polar surface area (TPSA) is 66.4 Å². The minimum atomic E-state index is -1.51. The Balaban J connectivity index is 3.82. The normalized spacial score (nSPS) is 14.4. The molecule has 86 valence electrons. The molecule has 0 saturated carbocycles. The van der Waals surface area contributed by atoms with Crippen LogP contribution in [0.3, 0.4) is 0 Å². The Morgan fingerprint density at radius 3 is 1.93 bits per heavy atom. The van der Waals surface area contributed by atoms with Crippen molar-refractivity contribution in [1.29, 1.82) is 0 Å². The van der Waals surface area contributed by atoms with Crippen molar-refractivity contribution in [3.05, 3.63) is 0 Å². The van der Waals surface area contributed by atoms with E-state index in [0.29, 0.717) is 6.42 Å². The molecule has 0 radical (unpaired) electrons. The van der Waals surface area contributed by atoms with Gasteiger partial charge in [0.15, 0.2) is 6.29 Å². The van der Waals surface area contributed by atoms with Crippen molar-refractivity contribution in [3.63, 3.8) is 0 Å². The van der Waals surface area contributed by atoms with E-state index in [1.54, 1.807) is 0 Å². The van der Waals surface area contributed by atoms with Gasteiger partial charge in [-0.25, -0.2) is 0 Å². The Kier molecular flexibility index (Phi) is 6.98. The minimum absolute atomic E-state index is 0.185. The lowest BCUT2D eigenvalue weighted by Gasteiger charge is -2.27. The standard InChI is InChI=1S/C8H18O6/c1-10-7(9)5-6-14-8(11-2,12-3)13-4/h7,9H,5-6H2,1-4H3. The number of aliphatic hydroxyl groups is 1. The van der Waals surface area contributed by atoms with Crippen molar-refractivity contribution in [1.82, 2.24) is 0 Å². The molecule has 0 amide bonds. The van der Waals surface area contributed by atoms with E-state index in [-0.39, 0.29) is 6.61 Å². The third kappa shape index (κ3) is 4.32. The van der Waals surface area contributed by atoms with Crippen LogP contribution in [-0.2, 0) is 23.7 Å². The second-order valence-electron chi connectivity index (χ2n) is 2.44. The van der Waals surface area contributed by atoms with E-state index >= 15 is 0 Å². The molecule has 0 aliphatic rings. The highest BCUT2D eigenvalue weighted by Crippen LogP contribution is 2.14. The van der Waals surface area contributed by atoms with E-state index in [0.717, 1.165) is 0 Å². The summed E-state index contributed by atoms with van der Waals surface area (Å²) in [7, 11) is 5.57. The molecule has 6 heteroatoms. The Bertz CT molecular complexity index is 128. The summed E-state index contributed by atoms with van der Waals surface area (Å²) in [5, 5.41) is 9.05. The third-order valence-electron chi connectivity index (χ3n) is 1.67. The highest BCUT2D eigenvalue weighted by molar-refractivity contribution is 4.42. The zero-order valence-corrected chi connectivity index (χ0v) is 8.98. The number of methoxy groups -OCH3 is 4. The van der Waals surface area contributed by atoms with Gasteiger partial charge in [0.05, 0.1) is 6.61 Å². The molecule has 0 aromatic rings. The summed E-state index contributed by atoms with van der Waals surface area (Å²) in [4.78, 5) is 0. The molecule has 0 bridgehead atoms. The number of hydrogen-bond acceptors (Lipinski definition) is 6. The van der Waals surface area contributed by atoms with Crippen molar-refractivity contribution >= 4 is 0 Å². The molecule has 0 spiro atoms. The van der Waals surface area contributed by atoms with E-state index in [9.17, 15) is 0 Å². The van der Waals surface area contributed by atoms with Gasteiger partial charge >= 0.3 is 6.16 Å². The van der Waals surface area contributed by atoms with E-state index < -0.39 is 12.4 Å². The van der Waals surface area contributed by atoms with Gasteiger partial charge < -0.3 is 28.8 Å². The molecule has 1 atom stereocenters. The summed E-state index contributed by atoms with van der Waals surface area (Å²) < 4.78 is 24.3. The summed E-state index contributed by atoms with van der Waals surface area (Å²) in [5.74, 6) is 0. The van der Waals surface area contributed by atoms with Crippen LogP contribution >= 0.6 is 0 Å². The van der Waals surface area contributed by atoms with E-state index in [2.05, 4.69) is 4.74 Å². The zero-order valence-electron chi connectivity index (χ0n) is 8.98. The zero-order chi connectivity index (χ0) is 11.0. The number of rotatable bonds is 8. The SMILES string of the molecule is COC(O)CCOC(OC)(OC)OC. The average molecular weight is 210 g/mol. The van der Waals surface area contributed by atoms with Gasteiger partial charge in [-0.05, 0) is 0 Å². The molecule has 1 N–H and O–H groups in total. The van der Waals surface area contributed by atoms with Gasteiger partial charge in [-0.3, -0.25) is 0 Å². The van der Waals surface area contributed by atoms with Crippen LogP contribution in [0.15, 0.2) is 0 Å². The number of hydrogen-bond donors (Lipinski definition) is 1. The Morgan fingerprint density at radius 2 is 1.57 bits per heavy atom. The van der Waals surface area contributed by atoms with Gasteiger partial charge in [-0.1, -0.05) is 0 Å². The Hall–Kier alpha value is -0.240. The smallest absolute Gasteiger partial charge is 0.368 e. The maximum absolute atomic E-state index is 9.05. The monoisotopic (exact) mass is 210 g/mol. The van der Waals surface area contributed by atoms with Crippen LogP contribution in [0.2, 0.25) is 0 Å². The van der Waals surface area contributed by atoms with Gasteiger partial charge in [-0.15, -0.1) is 0 Å². The summed E-state index contributed by atoms with van der Waals surface area (Å²) in [5.41, 5.74) is 0. The predicted octanol–water partition coefficient (Wildman–Crippen LogP) is -0.0916. The second kappa shape index (κ2) is 7.10. The molecule has 0 rings (SSSR count). The van der Waals surface area contributed by atoms with Crippen LogP contribution in [0.1, 0.15) is 6.42 Å². The maximum Gasteiger partial charge on any atom is 0.411 e. The van der Waals surface area contributed by atoms with Gasteiger partial charge in [0.25, 0.3) is 0 Å². The average Bonchev–Trinajstić information content (AvgIpc) is 2.25. The van der Waals surface area contributed by atoms with Crippen LogP contribution in [0.25, 0.3) is 0 Å². The van der Waals surface area contributed by atoms with Gasteiger partial charge in [0, 0.05) is 34.9 Å². The fraction of sp³-hybridized carbons (Fsp3) is 1.00. The molecule has 0 heterocycles. The van der Waals surface area contributed by atoms with Gasteiger partial charge in [-0.2, -0.15) is 0 Å². The lowest BCUT2D eigenvalue weighted by Crippen LogP contribution is -2.39. The molecular weight excluding hydrogens is 192 g/mol. The first kappa shape index (κ1) is 13.8. The van der Waals surface area contributed by atoms with Crippen molar-refractivity contribution in [2.24, 2.45) is 0 Å². The Labute approximate surface area is 83.7 Å². The van der Waals surface area contributed by atoms with Crippen molar-refractivity contribution in [2.75, 3.05) is 35.0 Å².